The molecule has 1 N–H and O–H groups in total. The summed E-state index contributed by atoms with van der Waals surface area (Å²) in [5.74, 6) is 0.699. The van der Waals surface area contributed by atoms with Crippen LogP contribution in [0.1, 0.15) is 29.6 Å². The zero-order valence-corrected chi connectivity index (χ0v) is 9.97. The SMILES string of the molecule is OC(c1ccoc1Cl)C1CC1c1ccccc1. The summed E-state index contributed by atoms with van der Waals surface area (Å²) in [5, 5.41) is 10.5. The molecule has 1 fully saturated rings. The van der Waals surface area contributed by atoms with E-state index in [9.17, 15) is 5.11 Å². The second kappa shape index (κ2) is 4.21. The fourth-order valence-corrected chi connectivity index (χ4v) is 2.62. The van der Waals surface area contributed by atoms with Crippen molar-refractivity contribution in [3.63, 3.8) is 0 Å². The highest BCUT2D eigenvalue weighted by atomic mass is 35.5. The molecular formula is C14H13ClO2. The molecule has 1 heterocycles. The van der Waals surface area contributed by atoms with E-state index in [1.54, 1.807) is 6.07 Å². The van der Waals surface area contributed by atoms with Crippen LogP contribution < -0.4 is 0 Å². The molecule has 1 saturated carbocycles. The number of benzene rings is 1. The highest BCUT2D eigenvalue weighted by molar-refractivity contribution is 6.29. The van der Waals surface area contributed by atoms with E-state index < -0.39 is 6.10 Å². The zero-order chi connectivity index (χ0) is 11.8. The second-order valence-electron chi connectivity index (χ2n) is 4.51. The number of aliphatic hydroxyl groups is 1. The Bertz CT molecular complexity index is 506. The first-order valence-electron chi connectivity index (χ1n) is 5.73. The van der Waals surface area contributed by atoms with Gasteiger partial charge in [-0.2, -0.15) is 0 Å². The van der Waals surface area contributed by atoms with Crippen LogP contribution in [0, 0.1) is 5.92 Å². The lowest BCUT2D eigenvalue weighted by Gasteiger charge is -2.08. The average Bonchev–Trinajstić information content (AvgIpc) is 3.05. The van der Waals surface area contributed by atoms with Crippen LogP contribution in [-0.2, 0) is 0 Å². The van der Waals surface area contributed by atoms with Gasteiger partial charge in [-0.25, -0.2) is 0 Å². The van der Waals surface area contributed by atoms with Crippen molar-refractivity contribution in [1.82, 2.24) is 0 Å². The van der Waals surface area contributed by atoms with Crippen molar-refractivity contribution >= 4 is 11.6 Å². The lowest BCUT2D eigenvalue weighted by molar-refractivity contribution is 0.150. The third-order valence-electron chi connectivity index (χ3n) is 3.44. The van der Waals surface area contributed by atoms with Gasteiger partial charge in [-0.05, 0) is 41.5 Å². The van der Waals surface area contributed by atoms with E-state index in [-0.39, 0.29) is 5.92 Å². The van der Waals surface area contributed by atoms with E-state index in [2.05, 4.69) is 12.1 Å². The van der Waals surface area contributed by atoms with Crippen molar-refractivity contribution in [2.24, 2.45) is 5.92 Å². The topological polar surface area (TPSA) is 33.4 Å². The van der Waals surface area contributed by atoms with E-state index in [0.29, 0.717) is 16.7 Å². The van der Waals surface area contributed by atoms with Crippen LogP contribution in [0.2, 0.25) is 5.22 Å². The number of hydrogen-bond donors (Lipinski definition) is 1. The minimum Gasteiger partial charge on any atom is -0.453 e. The van der Waals surface area contributed by atoms with Gasteiger partial charge in [-0.3, -0.25) is 0 Å². The molecule has 17 heavy (non-hydrogen) atoms. The minimum absolute atomic E-state index is 0.257. The molecule has 3 heteroatoms. The highest BCUT2D eigenvalue weighted by Gasteiger charge is 2.44. The van der Waals surface area contributed by atoms with Crippen molar-refractivity contribution in [2.45, 2.75) is 18.4 Å². The number of rotatable bonds is 3. The van der Waals surface area contributed by atoms with Crippen LogP contribution >= 0.6 is 11.6 Å². The Balaban J connectivity index is 1.75. The third kappa shape index (κ3) is 1.99. The normalized spacial score (nSPS) is 24.6. The Morgan fingerprint density at radius 3 is 2.65 bits per heavy atom. The van der Waals surface area contributed by atoms with Crippen molar-refractivity contribution in [3.05, 3.63) is 59.0 Å². The van der Waals surface area contributed by atoms with Gasteiger partial charge in [0, 0.05) is 5.56 Å². The van der Waals surface area contributed by atoms with Crippen LogP contribution in [0.4, 0.5) is 0 Å². The molecule has 0 spiro atoms. The lowest BCUT2D eigenvalue weighted by Crippen LogP contribution is -2.00. The molecular weight excluding hydrogens is 236 g/mol. The summed E-state index contributed by atoms with van der Waals surface area (Å²) in [6.07, 6.45) is 2.00. The Morgan fingerprint density at radius 1 is 1.24 bits per heavy atom. The monoisotopic (exact) mass is 248 g/mol. The van der Waals surface area contributed by atoms with Crippen molar-refractivity contribution in [1.29, 1.82) is 0 Å². The number of aliphatic hydroxyl groups excluding tert-OH is 1. The molecule has 0 aliphatic heterocycles. The maximum Gasteiger partial charge on any atom is 0.198 e. The summed E-state index contributed by atoms with van der Waals surface area (Å²) in [5.41, 5.74) is 1.99. The first-order valence-corrected chi connectivity index (χ1v) is 6.11. The molecule has 0 radical (unpaired) electrons. The van der Waals surface area contributed by atoms with Gasteiger partial charge in [-0.1, -0.05) is 30.3 Å². The zero-order valence-electron chi connectivity index (χ0n) is 9.21. The molecule has 1 aliphatic rings. The predicted octanol–water partition coefficient (Wildman–Crippen LogP) is 3.77. The Labute approximate surface area is 105 Å². The van der Waals surface area contributed by atoms with Gasteiger partial charge in [0.05, 0.1) is 12.4 Å². The molecule has 0 amide bonds. The van der Waals surface area contributed by atoms with Gasteiger partial charge in [-0.15, -0.1) is 0 Å². The molecule has 0 bridgehead atoms. The maximum absolute atomic E-state index is 10.2. The number of halogens is 1. The van der Waals surface area contributed by atoms with Gasteiger partial charge in [0.15, 0.2) is 5.22 Å². The minimum atomic E-state index is -0.522. The molecule has 3 rings (SSSR count). The van der Waals surface area contributed by atoms with Crippen LogP contribution in [0.3, 0.4) is 0 Å². The van der Waals surface area contributed by atoms with Crippen LogP contribution in [0.15, 0.2) is 47.1 Å². The molecule has 3 unspecified atom stereocenters. The van der Waals surface area contributed by atoms with Crippen LogP contribution in [-0.4, -0.2) is 5.11 Å². The molecule has 2 nitrogen and oxygen atoms in total. The average molecular weight is 249 g/mol. The summed E-state index contributed by atoms with van der Waals surface area (Å²) >= 11 is 5.87. The quantitative estimate of drug-likeness (QED) is 0.897. The van der Waals surface area contributed by atoms with E-state index in [0.717, 1.165) is 6.42 Å². The summed E-state index contributed by atoms with van der Waals surface area (Å²) in [6, 6.07) is 12.0. The largest absolute Gasteiger partial charge is 0.453 e. The molecule has 1 aromatic carbocycles. The summed E-state index contributed by atoms with van der Waals surface area (Å²) in [7, 11) is 0. The fraction of sp³-hybridized carbons (Fsp3) is 0.286. The molecule has 1 aromatic heterocycles. The smallest absolute Gasteiger partial charge is 0.198 e. The Morgan fingerprint density at radius 2 is 2.00 bits per heavy atom. The van der Waals surface area contributed by atoms with E-state index in [1.165, 1.54) is 11.8 Å². The Kier molecular flexibility index (Phi) is 2.69. The van der Waals surface area contributed by atoms with E-state index in [4.69, 9.17) is 16.0 Å². The molecule has 3 atom stereocenters. The van der Waals surface area contributed by atoms with E-state index >= 15 is 0 Å². The van der Waals surface area contributed by atoms with Gasteiger partial charge >= 0.3 is 0 Å². The number of hydrogen-bond acceptors (Lipinski definition) is 2. The molecule has 0 saturated heterocycles. The van der Waals surface area contributed by atoms with Crippen molar-refractivity contribution in [3.8, 4) is 0 Å². The van der Waals surface area contributed by atoms with Crippen molar-refractivity contribution in [2.75, 3.05) is 0 Å². The molecule has 1 aliphatic carbocycles. The number of furan rings is 1. The maximum atomic E-state index is 10.2. The summed E-state index contributed by atoms with van der Waals surface area (Å²) in [4.78, 5) is 0. The third-order valence-corrected chi connectivity index (χ3v) is 3.75. The first kappa shape index (κ1) is 10.9. The van der Waals surface area contributed by atoms with Gasteiger partial charge < -0.3 is 9.52 Å². The van der Waals surface area contributed by atoms with Crippen LogP contribution in [0.25, 0.3) is 0 Å². The van der Waals surface area contributed by atoms with E-state index in [1.807, 2.05) is 18.2 Å². The fourth-order valence-electron chi connectivity index (χ4n) is 2.39. The highest BCUT2D eigenvalue weighted by Crippen LogP contribution is 2.54. The predicted molar refractivity (Wildman–Crippen MR) is 66.0 cm³/mol. The summed E-state index contributed by atoms with van der Waals surface area (Å²) in [6.45, 7) is 0. The molecule has 2 aromatic rings. The Hall–Kier alpha value is -1.25. The second-order valence-corrected chi connectivity index (χ2v) is 4.85. The van der Waals surface area contributed by atoms with Crippen LogP contribution in [0.5, 0.6) is 0 Å². The summed E-state index contributed by atoms with van der Waals surface area (Å²) < 4.78 is 5.01. The lowest BCUT2D eigenvalue weighted by atomic mass is 10.0. The van der Waals surface area contributed by atoms with Crippen molar-refractivity contribution < 1.29 is 9.52 Å². The van der Waals surface area contributed by atoms with Gasteiger partial charge in [0.1, 0.15) is 0 Å². The first-order chi connectivity index (χ1) is 8.27. The van der Waals surface area contributed by atoms with Gasteiger partial charge in [0.25, 0.3) is 0 Å². The molecule has 88 valence electrons. The van der Waals surface area contributed by atoms with Gasteiger partial charge in [0.2, 0.25) is 0 Å². The standard InChI is InChI=1S/C14H13ClO2/c15-14-10(6-7-17-14)13(16)12-8-11(12)9-4-2-1-3-5-9/h1-7,11-13,16H,8H2.